The van der Waals surface area contributed by atoms with E-state index in [9.17, 15) is 4.79 Å². The van der Waals surface area contributed by atoms with Crippen LogP contribution < -0.4 is 11.1 Å². The van der Waals surface area contributed by atoms with E-state index in [-0.39, 0.29) is 5.91 Å². The van der Waals surface area contributed by atoms with Crippen LogP contribution >= 0.6 is 11.6 Å². The van der Waals surface area contributed by atoms with Crippen molar-refractivity contribution in [1.29, 1.82) is 0 Å². The second kappa shape index (κ2) is 6.36. The van der Waals surface area contributed by atoms with Crippen molar-refractivity contribution in [2.24, 2.45) is 5.73 Å². The summed E-state index contributed by atoms with van der Waals surface area (Å²) >= 11 is 5.80. The van der Waals surface area contributed by atoms with Gasteiger partial charge in [0.15, 0.2) is 0 Å². The van der Waals surface area contributed by atoms with Gasteiger partial charge in [-0.1, -0.05) is 54.1 Å². The molecular formula is C15H15ClN2O. The van der Waals surface area contributed by atoms with E-state index in [0.717, 1.165) is 11.1 Å². The summed E-state index contributed by atoms with van der Waals surface area (Å²) in [5, 5.41) is 3.49. The van der Waals surface area contributed by atoms with Gasteiger partial charge in [0.1, 0.15) is 6.04 Å². The maximum atomic E-state index is 11.9. The highest BCUT2D eigenvalue weighted by Gasteiger charge is 2.14. The summed E-state index contributed by atoms with van der Waals surface area (Å²) in [6, 6.07) is 16.0. The molecule has 3 N–H and O–H groups in total. The molecule has 0 aromatic heterocycles. The molecule has 0 saturated heterocycles. The van der Waals surface area contributed by atoms with Gasteiger partial charge in [-0.15, -0.1) is 0 Å². The Bertz CT molecular complexity index is 540. The van der Waals surface area contributed by atoms with E-state index in [2.05, 4.69) is 5.32 Å². The number of halogens is 1. The number of benzene rings is 2. The van der Waals surface area contributed by atoms with Gasteiger partial charge in [0, 0.05) is 11.6 Å². The Kier molecular flexibility index (Phi) is 4.55. The first-order valence-corrected chi connectivity index (χ1v) is 6.37. The lowest BCUT2D eigenvalue weighted by Gasteiger charge is -2.12. The Morgan fingerprint density at radius 3 is 2.37 bits per heavy atom. The quantitative estimate of drug-likeness (QED) is 0.901. The minimum absolute atomic E-state index is 0.193. The van der Waals surface area contributed by atoms with Crippen molar-refractivity contribution in [1.82, 2.24) is 5.32 Å². The summed E-state index contributed by atoms with van der Waals surface area (Å²) in [5.74, 6) is -0.193. The SMILES string of the molecule is NC(C(=O)NCc1ccc(Cl)cc1)c1ccccc1. The number of amides is 1. The van der Waals surface area contributed by atoms with Crippen molar-refractivity contribution in [3.05, 3.63) is 70.7 Å². The summed E-state index contributed by atoms with van der Waals surface area (Å²) in [6.45, 7) is 0.441. The van der Waals surface area contributed by atoms with Crippen molar-refractivity contribution in [2.45, 2.75) is 12.6 Å². The van der Waals surface area contributed by atoms with Crippen LogP contribution in [0.4, 0.5) is 0 Å². The van der Waals surface area contributed by atoms with Gasteiger partial charge in [0.05, 0.1) is 0 Å². The van der Waals surface area contributed by atoms with E-state index in [0.29, 0.717) is 11.6 Å². The molecule has 1 atom stereocenters. The second-order valence-electron chi connectivity index (χ2n) is 4.23. The Balaban J connectivity index is 1.93. The molecule has 3 nitrogen and oxygen atoms in total. The fourth-order valence-corrected chi connectivity index (χ4v) is 1.84. The Labute approximate surface area is 117 Å². The molecule has 19 heavy (non-hydrogen) atoms. The van der Waals surface area contributed by atoms with Gasteiger partial charge >= 0.3 is 0 Å². The van der Waals surface area contributed by atoms with Crippen LogP contribution in [0.5, 0.6) is 0 Å². The Morgan fingerprint density at radius 2 is 1.74 bits per heavy atom. The summed E-state index contributed by atoms with van der Waals surface area (Å²) in [5.41, 5.74) is 7.68. The lowest BCUT2D eigenvalue weighted by Crippen LogP contribution is -2.33. The normalized spacial score (nSPS) is 11.9. The number of rotatable bonds is 4. The van der Waals surface area contributed by atoms with Gasteiger partial charge in [0.2, 0.25) is 5.91 Å². The maximum Gasteiger partial charge on any atom is 0.241 e. The molecule has 0 aliphatic carbocycles. The number of carbonyl (C=O) groups is 1. The molecule has 0 aliphatic heterocycles. The van der Waals surface area contributed by atoms with Crippen LogP contribution in [0.3, 0.4) is 0 Å². The number of hydrogen-bond donors (Lipinski definition) is 2. The topological polar surface area (TPSA) is 55.1 Å². The monoisotopic (exact) mass is 274 g/mol. The van der Waals surface area contributed by atoms with Crippen LogP contribution in [-0.4, -0.2) is 5.91 Å². The molecule has 4 heteroatoms. The van der Waals surface area contributed by atoms with Gasteiger partial charge in [0.25, 0.3) is 0 Å². The van der Waals surface area contributed by atoms with Gasteiger partial charge in [-0.2, -0.15) is 0 Å². The molecule has 0 aliphatic rings. The molecule has 2 rings (SSSR count). The van der Waals surface area contributed by atoms with Crippen LogP contribution in [0.15, 0.2) is 54.6 Å². The highest BCUT2D eigenvalue weighted by Crippen LogP contribution is 2.11. The number of nitrogens with one attached hydrogen (secondary N) is 1. The molecule has 0 heterocycles. The van der Waals surface area contributed by atoms with Gasteiger partial charge in [-0.25, -0.2) is 0 Å². The zero-order valence-corrected chi connectivity index (χ0v) is 11.1. The van der Waals surface area contributed by atoms with Gasteiger partial charge < -0.3 is 11.1 Å². The first kappa shape index (κ1) is 13.6. The fraction of sp³-hybridized carbons (Fsp3) is 0.133. The zero-order chi connectivity index (χ0) is 13.7. The van der Waals surface area contributed by atoms with Gasteiger partial charge in [-0.3, -0.25) is 4.79 Å². The fourth-order valence-electron chi connectivity index (χ4n) is 1.71. The van der Waals surface area contributed by atoms with Crippen molar-refractivity contribution in [2.75, 3.05) is 0 Å². The molecule has 0 spiro atoms. The van der Waals surface area contributed by atoms with E-state index in [1.54, 1.807) is 12.1 Å². The predicted molar refractivity (Wildman–Crippen MR) is 76.7 cm³/mol. The standard InChI is InChI=1S/C15H15ClN2O/c16-13-8-6-11(7-9-13)10-18-15(19)14(17)12-4-2-1-3-5-12/h1-9,14H,10,17H2,(H,18,19). The molecule has 0 bridgehead atoms. The lowest BCUT2D eigenvalue weighted by atomic mass is 10.1. The summed E-state index contributed by atoms with van der Waals surface area (Å²) in [6.07, 6.45) is 0. The molecule has 2 aromatic carbocycles. The smallest absolute Gasteiger partial charge is 0.241 e. The maximum absolute atomic E-state index is 11.9. The average molecular weight is 275 g/mol. The van der Waals surface area contributed by atoms with Crippen molar-refractivity contribution >= 4 is 17.5 Å². The van der Waals surface area contributed by atoms with E-state index in [1.807, 2.05) is 42.5 Å². The van der Waals surface area contributed by atoms with Crippen LogP contribution in [0.25, 0.3) is 0 Å². The largest absolute Gasteiger partial charge is 0.350 e. The highest BCUT2D eigenvalue weighted by atomic mass is 35.5. The number of nitrogens with two attached hydrogens (primary N) is 1. The third-order valence-electron chi connectivity index (χ3n) is 2.82. The van der Waals surface area contributed by atoms with Gasteiger partial charge in [-0.05, 0) is 23.3 Å². The lowest BCUT2D eigenvalue weighted by molar-refractivity contribution is -0.122. The molecule has 1 unspecified atom stereocenters. The van der Waals surface area contributed by atoms with E-state index >= 15 is 0 Å². The molecule has 0 radical (unpaired) electrons. The van der Waals surface area contributed by atoms with Crippen LogP contribution in [0.2, 0.25) is 5.02 Å². The summed E-state index contributed by atoms with van der Waals surface area (Å²) in [4.78, 5) is 11.9. The van der Waals surface area contributed by atoms with E-state index in [4.69, 9.17) is 17.3 Å². The van der Waals surface area contributed by atoms with Crippen LogP contribution in [0.1, 0.15) is 17.2 Å². The summed E-state index contributed by atoms with van der Waals surface area (Å²) < 4.78 is 0. The molecule has 98 valence electrons. The average Bonchev–Trinajstić information content (AvgIpc) is 2.46. The second-order valence-corrected chi connectivity index (χ2v) is 4.67. The van der Waals surface area contributed by atoms with Crippen molar-refractivity contribution < 1.29 is 4.79 Å². The van der Waals surface area contributed by atoms with E-state index in [1.165, 1.54) is 0 Å². The van der Waals surface area contributed by atoms with Crippen LogP contribution in [0, 0.1) is 0 Å². The Hall–Kier alpha value is -1.84. The predicted octanol–water partition coefficient (Wildman–Crippen LogP) is 2.66. The van der Waals surface area contributed by atoms with E-state index < -0.39 is 6.04 Å². The number of carbonyl (C=O) groups excluding carboxylic acids is 1. The molecule has 0 saturated carbocycles. The van der Waals surface area contributed by atoms with Crippen LogP contribution in [-0.2, 0) is 11.3 Å². The number of hydrogen-bond acceptors (Lipinski definition) is 2. The minimum atomic E-state index is -0.645. The minimum Gasteiger partial charge on any atom is -0.350 e. The molecular weight excluding hydrogens is 260 g/mol. The first-order chi connectivity index (χ1) is 9.16. The zero-order valence-electron chi connectivity index (χ0n) is 10.3. The highest BCUT2D eigenvalue weighted by molar-refractivity contribution is 6.30. The molecule has 1 amide bonds. The third-order valence-corrected chi connectivity index (χ3v) is 3.07. The first-order valence-electron chi connectivity index (χ1n) is 5.99. The Morgan fingerprint density at radius 1 is 1.11 bits per heavy atom. The molecule has 2 aromatic rings. The molecule has 0 fully saturated rings. The third kappa shape index (κ3) is 3.81. The van der Waals surface area contributed by atoms with Crippen molar-refractivity contribution in [3.8, 4) is 0 Å². The summed E-state index contributed by atoms with van der Waals surface area (Å²) in [7, 11) is 0. The van der Waals surface area contributed by atoms with Crippen molar-refractivity contribution in [3.63, 3.8) is 0 Å².